The zero-order chi connectivity index (χ0) is 15.3. The molecule has 1 fully saturated rings. The predicted molar refractivity (Wildman–Crippen MR) is 85.6 cm³/mol. The topological polar surface area (TPSA) is 78.0 Å². The Labute approximate surface area is 135 Å². The van der Waals surface area contributed by atoms with E-state index in [-0.39, 0.29) is 5.92 Å². The van der Waals surface area contributed by atoms with Crippen molar-refractivity contribution in [1.29, 1.82) is 0 Å². The van der Waals surface area contributed by atoms with Gasteiger partial charge in [0.05, 0.1) is 11.8 Å². The average Bonchev–Trinajstić information content (AvgIpc) is 3.24. The first-order valence-corrected chi connectivity index (χ1v) is 7.98. The number of benzene rings is 1. The summed E-state index contributed by atoms with van der Waals surface area (Å²) >= 11 is 3.55. The van der Waals surface area contributed by atoms with Gasteiger partial charge in [-0.2, -0.15) is 5.10 Å². The molecule has 1 unspecified atom stereocenters. The van der Waals surface area contributed by atoms with E-state index in [9.17, 15) is 9.90 Å². The summed E-state index contributed by atoms with van der Waals surface area (Å²) in [5, 5.41) is 20.1. The molecule has 1 atom stereocenters. The largest absolute Gasteiger partial charge is 0.478 e. The molecule has 1 saturated carbocycles. The maximum absolute atomic E-state index is 12.0. The Morgan fingerprint density at radius 3 is 2.73 bits per heavy atom. The minimum absolute atomic E-state index is 0.313. The van der Waals surface area contributed by atoms with Gasteiger partial charge >= 0.3 is 5.97 Å². The number of carbonyl (C=O) groups is 1. The van der Waals surface area contributed by atoms with Crippen LogP contribution >= 0.6 is 15.9 Å². The summed E-state index contributed by atoms with van der Waals surface area (Å²) in [7, 11) is 0. The number of fused-ring (bicyclic) bond motifs is 1. The quantitative estimate of drug-likeness (QED) is 0.783. The fraction of sp³-hybridized carbons (Fsp3) is 0.250. The van der Waals surface area contributed by atoms with Gasteiger partial charge in [0.1, 0.15) is 5.82 Å². The first-order chi connectivity index (χ1) is 10.7. The monoisotopic (exact) mass is 359 g/mol. The molecule has 1 aromatic carbocycles. The van der Waals surface area contributed by atoms with Crippen LogP contribution in [-0.4, -0.2) is 21.3 Å². The fourth-order valence-corrected chi connectivity index (χ4v) is 3.61. The maximum Gasteiger partial charge on any atom is 0.334 e. The van der Waals surface area contributed by atoms with Crippen molar-refractivity contribution in [2.75, 3.05) is 5.32 Å². The minimum Gasteiger partial charge on any atom is -0.478 e. The lowest BCUT2D eigenvalue weighted by Gasteiger charge is -2.28. The van der Waals surface area contributed by atoms with Gasteiger partial charge in [-0.3, -0.25) is 5.10 Å². The average molecular weight is 360 g/mol. The number of halogens is 1. The van der Waals surface area contributed by atoms with E-state index in [1.807, 2.05) is 24.3 Å². The maximum atomic E-state index is 12.0. The van der Waals surface area contributed by atoms with Crippen LogP contribution in [0, 0.1) is 5.92 Å². The highest BCUT2D eigenvalue weighted by molar-refractivity contribution is 9.10. The van der Waals surface area contributed by atoms with Crippen LogP contribution in [0.4, 0.5) is 5.82 Å². The SMILES string of the molecule is O=C(O)C1=C(C2CC2)Nc2[nH]ncc2C1c1ccccc1Br. The predicted octanol–water partition coefficient (Wildman–Crippen LogP) is 3.48. The summed E-state index contributed by atoms with van der Waals surface area (Å²) in [5.41, 5.74) is 3.07. The van der Waals surface area contributed by atoms with E-state index >= 15 is 0 Å². The number of hydrogen-bond acceptors (Lipinski definition) is 3. The van der Waals surface area contributed by atoms with Crippen molar-refractivity contribution in [3.05, 3.63) is 57.3 Å². The fourth-order valence-electron chi connectivity index (χ4n) is 3.09. The lowest BCUT2D eigenvalue weighted by atomic mass is 9.82. The van der Waals surface area contributed by atoms with Crippen LogP contribution in [0.25, 0.3) is 0 Å². The molecule has 112 valence electrons. The zero-order valence-corrected chi connectivity index (χ0v) is 13.2. The van der Waals surface area contributed by atoms with Gasteiger partial charge in [-0.1, -0.05) is 34.1 Å². The number of anilines is 1. The van der Waals surface area contributed by atoms with Gasteiger partial charge in [-0.05, 0) is 30.4 Å². The van der Waals surface area contributed by atoms with Gasteiger partial charge in [0, 0.05) is 21.7 Å². The molecule has 0 spiro atoms. The molecule has 22 heavy (non-hydrogen) atoms. The number of aliphatic carboxylic acids is 1. The van der Waals surface area contributed by atoms with E-state index in [1.165, 1.54) is 0 Å². The molecule has 2 aromatic rings. The molecule has 0 bridgehead atoms. The van der Waals surface area contributed by atoms with Gasteiger partial charge in [0.15, 0.2) is 0 Å². The van der Waals surface area contributed by atoms with E-state index in [1.54, 1.807) is 6.20 Å². The Morgan fingerprint density at radius 2 is 2.05 bits per heavy atom. The lowest BCUT2D eigenvalue weighted by molar-refractivity contribution is -0.133. The number of nitrogens with zero attached hydrogens (tertiary/aromatic N) is 1. The van der Waals surface area contributed by atoms with Crippen molar-refractivity contribution in [1.82, 2.24) is 10.2 Å². The summed E-state index contributed by atoms with van der Waals surface area (Å²) in [5.74, 6) is -0.0825. The Hall–Kier alpha value is -2.08. The van der Waals surface area contributed by atoms with E-state index in [2.05, 4.69) is 31.4 Å². The number of aromatic nitrogens is 2. The number of carboxylic acids is 1. The standard InChI is InChI=1S/C16H14BrN3O2/c17-11-4-2-1-3-9(11)12-10-7-18-20-15(10)19-14(8-5-6-8)13(12)16(21)22/h1-4,7-8,12H,5-6H2,(H,21,22)(H2,18,19,20). The molecule has 2 aliphatic rings. The number of carboxylic acid groups (broad SMARTS) is 1. The van der Waals surface area contributed by atoms with E-state index < -0.39 is 5.97 Å². The molecular formula is C16H14BrN3O2. The van der Waals surface area contributed by atoms with Crippen LogP contribution in [0.3, 0.4) is 0 Å². The van der Waals surface area contributed by atoms with Crippen LogP contribution < -0.4 is 5.32 Å². The van der Waals surface area contributed by atoms with Crippen LogP contribution in [0.2, 0.25) is 0 Å². The molecule has 4 rings (SSSR count). The van der Waals surface area contributed by atoms with E-state index in [0.717, 1.165) is 40.0 Å². The van der Waals surface area contributed by atoms with Crippen molar-refractivity contribution < 1.29 is 9.90 Å². The summed E-state index contributed by atoms with van der Waals surface area (Å²) in [4.78, 5) is 12.0. The van der Waals surface area contributed by atoms with Crippen LogP contribution in [0.1, 0.15) is 29.9 Å². The van der Waals surface area contributed by atoms with Gasteiger partial charge in [-0.15, -0.1) is 0 Å². The third-order valence-corrected chi connectivity index (χ3v) is 4.97. The second-order valence-corrected chi connectivity index (χ2v) is 6.54. The number of hydrogen-bond donors (Lipinski definition) is 3. The molecule has 1 aromatic heterocycles. The first kappa shape index (κ1) is 13.6. The molecule has 0 amide bonds. The number of rotatable bonds is 3. The molecule has 3 N–H and O–H groups in total. The van der Waals surface area contributed by atoms with E-state index in [0.29, 0.717) is 11.5 Å². The molecule has 6 heteroatoms. The highest BCUT2D eigenvalue weighted by Gasteiger charge is 2.40. The Bertz CT molecular complexity index is 792. The van der Waals surface area contributed by atoms with E-state index in [4.69, 9.17) is 0 Å². The number of H-pyrrole nitrogens is 1. The molecule has 5 nitrogen and oxygen atoms in total. The number of allylic oxidation sites excluding steroid dienone is 1. The third-order valence-electron chi connectivity index (χ3n) is 4.25. The van der Waals surface area contributed by atoms with Crippen LogP contribution in [0.5, 0.6) is 0 Å². The van der Waals surface area contributed by atoms with Crippen molar-refractivity contribution in [3.63, 3.8) is 0 Å². The third kappa shape index (κ3) is 2.06. The Kier molecular flexibility index (Phi) is 3.07. The van der Waals surface area contributed by atoms with Crippen molar-refractivity contribution >= 4 is 27.7 Å². The second kappa shape index (κ2) is 4.98. The molecule has 0 radical (unpaired) electrons. The molecule has 1 aliphatic heterocycles. The van der Waals surface area contributed by atoms with Crippen molar-refractivity contribution in [2.45, 2.75) is 18.8 Å². The van der Waals surface area contributed by atoms with Gasteiger partial charge in [0.2, 0.25) is 0 Å². The minimum atomic E-state index is -0.873. The highest BCUT2D eigenvalue weighted by Crippen LogP contribution is 2.48. The Balaban J connectivity index is 1.96. The first-order valence-electron chi connectivity index (χ1n) is 7.19. The second-order valence-electron chi connectivity index (χ2n) is 5.69. The van der Waals surface area contributed by atoms with Crippen molar-refractivity contribution in [2.24, 2.45) is 5.92 Å². The number of nitrogens with one attached hydrogen (secondary N) is 2. The summed E-state index contributed by atoms with van der Waals surface area (Å²) in [6.45, 7) is 0. The molecular weight excluding hydrogens is 346 g/mol. The summed E-state index contributed by atoms with van der Waals surface area (Å²) in [6, 6.07) is 7.76. The van der Waals surface area contributed by atoms with Crippen molar-refractivity contribution in [3.8, 4) is 0 Å². The Morgan fingerprint density at radius 1 is 1.27 bits per heavy atom. The lowest BCUT2D eigenvalue weighted by Crippen LogP contribution is -2.24. The number of aromatic amines is 1. The van der Waals surface area contributed by atoms with Gasteiger partial charge in [0.25, 0.3) is 0 Å². The molecule has 1 aliphatic carbocycles. The van der Waals surface area contributed by atoms with Crippen LogP contribution in [-0.2, 0) is 4.79 Å². The van der Waals surface area contributed by atoms with Crippen LogP contribution in [0.15, 0.2) is 46.2 Å². The van der Waals surface area contributed by atoms with Gasteiger partial charge in [-0.25, -0.2) is 4.79 Å². The molecule has 0 saturated heterocycles. The van der Waals surface area contributed by atoms with Gasteiger partial charge < -0.3 is 10.4 Å². The smallest absolute Gasteiger partial charge is 0.334 e. The highest BCUT2D eigenvalue weighted by atomic mass is 79.9. The molecule has 2 heterocycles. The summed E-state index contributed by atoms with van der Waals surface area (Å²) < 4.78 is 0.906. The normalized spacial score (nSPS) is 20.5. The summed E-state index contributed by atoms with van der Waals surface area (Å²) in [6.07, 6.45) is 3.77. The zero-order valence-electron chi connectivity index (χ0n) is 11.6.